The Morgan fingerprint density at radius 3 is 2.21 bits per heavy atom. The number of carbonyl (C=O) groups is 4. The number of nitrogens with zero attached hydrogens (tertiary/aromatic N) is 2. The van der Waals surface area contributed by atoms with E-state index in [1.807, 2.05) is 20.8 Å². The van der Waals surface area contributed by atoms with E-state index in [1.54, 1.807) is 0 Å². The van der Waals surface area contributed by atoms with Crippen LogP contribution >= 0.6 is 0 Å². The Labute approximate surface area is 172 Å². The van der Waals surface area contributed by atoms with Crippen LogP contribution in [0.15, 0.2) is 0 Å². The van der Waals surface area contributed by atoms with Crippen molar-refractivity contribution < 1.29 is 23.9 Å². The maximum Gasteiger partial charge on any atom is 0.333 e. The van der Waals surface area contributed by atoms with Crippen molar-refractivity contribution in [2.75, 3.05) is 6.54 Å². The summed E-state index contributed by atoms with van der Waals surface area (Å²) < 4.78 is 5.56. The SMILES string of the molecule is CCCCN1C(=O)CC(=O)N(C2CCC3(CC2)CC2(C3)CC(C)(C)OC2=O)C1=O. The molecule has 0 N–H and O–H groups in total. The van der Waals surface area contributed by atoms with Crippen molar-refractivity contribution in [3.8, 4) is 0 Å². The van der Waals surface area contributed by atoms with Crippen molar-refractivity contribution in [2.24, 2.45) is 10.8 Å². The van der Waals surface area contributed by atoms with E-state index in [9.17, 15) is 19.2 Å². The Balaban J connectivity index is 1.39. The van der Waals surface area contributed by atoms with Crippen LogP contribution in [-0.4, -0.2) is 51.8 Å². The van der Waals surface area contributed by atoms with Crippen LogP contribution < -0.4 is 0 Å². The Morgan fingerprint density at radius 1 is 1.00 bits per heavy atom. The van der Waals surface area contributed by atoms with E-state index in [-0.39, 0.29) is 46.7 Å². The van der Waals surface area contributed by atoms with Crippen LogP contribution in [0.4, 0.5) is 4.79 Å². The third kappa shape index (κ3) is 3.36. The zero-order valence-electron chi connectivity index (χ0n) is 17.8. The Kier molecular flexibility index (Phi) is 4.78. The first-order valence-corrected chi connectivity index (χ1v) is 11.0. The molecule has 2 aliphatic heterocycles. The lowest BCUT2D eigenvalue weighted by Gasteiger charge is -2.56. The number of carbonyl (C=O) groups excluding carboxylic acids is 4. The molecule has 0 unspecified atom stereocenters. The van der Waals surface area contributed by atoms with Crippen LogP contribution in [0, 0.1) is 10.8 Å². The number of hydrogen-bond donors (Lipinski definition) is 0. The summed E-state index contributed by atoms with van der Waals surface area (Å²) in [5, 5.41) is 0. The molecule has 0 bridgehead atoms. The minimum absolute atomic E-state index is 0.0540. The van der Waals surface area contributed by atoms with E-state index in [0.29, 0.717) is 6.54 Å². The maximum absolute atomic E-state index is 12.9. The lowest BCUT2D eigenvalue weighted by Crippen LogP contribution is -2.60. The number of barbiturate groups is 1. The molecule has 0 atom stereocenters. The van der Waals surface area contributed by atoms with Gasteiger partial charge >= 0.3 is 12.0 Å². The molecule has 160 valence electrons. The topological polar surface area (TPSA) is 84.0 Å². The molecule has 0 aromatic rings. The van der Waals surface area contributed by atoms with Crippen LogP contribution in [0.25, 0.3) is 0 Å². The highest BCUT2D eigenvalue weighted by atomic mass is 16.6. The Bertz CT molecular complexity index is 742. The van der Waals surface area contributed by atoms with Gasteiger partial charge in [0.1, 0.15) is 12.0 Å². The van der Waals surface area contributed by atoms with Crippen molar-refractivity contribution in [3.63, 3.8) is 0 Å². The second-order valence-corrected chi connectivity index (χ2v) is 10.3. The first-order chi connectivity index (χ1) is 13.6. The minimum Gasteiger partial charge on any atom is -0.459 e. The third-order valence-corrected chi connectivity index (χ3v) is 7.42. The molecule has 2 heterocycles. The average Bonchev–Trinajstić information content (AvgIpc) is 2.84. The van der Waals surface area contributed by atoms with E-state index < -0.39 is 6.03 Å². The number of unbranched alkanes of at least 4 members (excludes halogenated alkanes) is 1. The van der Waals surface area contributed by atoms with Crippen molar-refractivity contribution in [2.45, 2.75) is 96.6 Å². The van der Waals surface area contributed by atoms with Crippen LogP contribution in [-0.2, 0) is 19.1 Å². The standard InChI is InChI=1S/C22H32N2O5/c1-4-5-10-23-16(25)11-17(26)24(19(23)28)15-6-8-21(9-7-15)13-22(14-21)12-20(2,3)29-18(22)27/h15H,4-14H2,1-3H3. The van der Waals surface area contributed by atoms with Gasteiger partial charge in [-0.2, -0.15) is 0 Å². The molecule has 4 aliphatic rings. The first kappa shape index (κ1) is 20.4. The fourth-order valence-electron chi connectivity index (χ4n) is 6.31. The Morgan fingerprint density at radius 2 is 1.66 bits per heavy atom. The summed E-state index contributed by atoms with van der Waals surface area (Å²) in [6, 6.07) is -0.576. The van der Waals surface area contributed by atoms with Crippen LogP contribution in [0.3, 0.4) is 0 Å². The fraction of sp³-hybridized carbons (Fsp3) is 0.818. The summed E-state index contributed by atoms with van der Waals surface area (Å²) in [7, 11) is 0. The molecule has 4 rings (SSSR count). The second-order valence-electron chi connectivity index (χ2n) is 10.3. The number of urea groups is 1. The zero-order chi connectivity index (χ0) is 21.0. The highest BCUT2D eigenvalue weighted by Gasteiger charge is 2.65. The van der Waals surface area contributed by atoms with Gasteiger partial charge in [0.2, 0.25) is 11.8 Å². The second kappa shape index (κ2) is 6.81. The van der Waals surface area contributed by atoms with Crippen molar-refractivity contribution in [3.05, 3.63) is 0 Å². The smallest absolute Gasteiger partial charge is 0.333 e. The molecule has 7 heteroatoms. The van der Waals surface area contributed by atoms with Gasteiger partial charge in [-0.3, -0.25) is 24.2 Å². The van der Waals surface area contributed by atoms with Gasteiger partial charge in [-0.15, -0.1) is 0 Å². The van der Waals surface area contributed by atoms with Crippen molar-refractivity contribution in [1.82, 2.24) is 9.80 Å². The number of rotatable bonds is 4. The van der Waals surface area contributed by atoms with Gasteiger partial charge in [0.05, 0.1) is 5.41 Å². The summed E-state index contributed by atoms with van der Waals surface area (Å²) in [5.74, 6) is -0.790. The Hall–Kier alpha value is -1.92. The van der Waals surface area contributed by atoms with Gasteiger partial charge in [0.15, 0.2) is 0 Å². The van der Waals surface area contributed by atoms with Crippen LogP contribution in [0.2, 0.25) is 0 Å². The lowest BCUT2D eigenvalue weighted by atomic mass is 9.47. The summed E-state index contributed by atoms with van der Waals surface area (Å²) >= 11 is 0. The van der Waals surface area contributed by atoms with Crippen LogP contribution in [0.5, 0.6) is 0 Å². The number of esters is 1. The molecule has 0 aromatic carbocycles. The van der Waals surface area contributed by atoms with E-state index in [0.717, 1.165) is 57.8 Å². The first-order valence-electron chi connectivity index (χ1n) is 11.0. The van der Waals surface area contributed by atoms with E-state index in [2.05, 4.69) is 0 Å². The predicted octanol–water partition coefficient (Wildman–Crippen LogP) is 3.40. The third-order valence-electron chi connectivity index (χ3n) is 7.42. The number of cyclic esters (lactones) is 1. The monoisotopic (exact) mass is 404 g/mol. The summed E-state index contributed by atoms with van der Waals surface area (Å²) in [4.78, 5) is 52.5. The number of imide groups is 2. The van der Waals surface area contributed by atoms with Gasteiger partial charge in [-0.25, -0.2) is 4.79 Å². The summed E-state index contributed by atoms with van der Waals surface area (Å²) in [5.41, 5.74) is -0.566. The van der Waals surface area contributed by atoms with Gasteiger partial charge in [-0.05, 0) is 64.2 Å². The van der Waals surface area contributed by atoms with Gasteiger partial charge < -0.3 is 4.74 Å². The molecule has 4 amide bonds. The molecule has 2 saturated heterocycles. The molecule has 0 radical (unpaired) electrons. The van der Waals surface area contributed by atoms with Gasteiger partial charge in [-0.1, -0.05) is 13.3 Å². The van der Waals surface area contributed by atoms with E-state index in [4.69, 9.17) is 4.74 Å². The van der Waals surface area contributed by atoms with Gasteiger partial charge in [0.25, 0.3) is 0 Å². The maximum atomic E-state index is 12.9. The normalized spacial score (nSPS) is 36.7. The average molecular weight is 405 g/mol. The van der Waals surface area contributed by atoms with Gasteiger partial charge in [0, 0.05) is 19.0 Å². The van der Waals surface area contributed by atoms with Crippen molar-refractivity contribution in [1.29, 1.82) is 0 Å². The molecule has 4 fully saturated rings. The quantitative estimate of drug-likeness (QED) is 0.530. The molecule has 0 aromatic heterocycles. The highest BCUT2D eigenvalue weighted by molar-refractivity contribution is 6.14. The number of amides is 4. The fourth-order valence-corrected chi connectivity index (χ4v) is 6.31. The molecule has 2 saturated carbocycles. The van der Waals surface area contributed by atoms with E-state index >= 15 is 0 Å². The minimum atomic E-state index is -0.438. The zero-order valence-corrected chi connectivity index (χ0v) is 17.8. The molecule has 29 heavy (non-hydrogen) atoms. The largest absolute Gasteiger partial charge is 0.459 e. The molecule has 2 spiro atoms. The van der Waals surface area contributed by atoms with E-state index in [1.165, 1.54) is 9.80 Å². The molecule has 2 aliphatic carbocycles. The molecule has 7 nitrogen and oxygen atoms in total. The van der Waals surface area contributed by atoms with Crippen LogP contribution in [0.1, 0.15) is 85.0 Å². The highest BCUT2D eigenvalue weighted by Crippen LogP contribution is 2.66. The number of hydrogen-bond acceptors (Lipinski definition) is 5. The lowest BCUT2D eigenvalue weighted by molar-refractivity contribution is -0.165. The van der Waals surface area contributed by atoms with Crippen molar-refractivity contribution >= 4 is 23.8 Å². The molecular weight excluding hydrogens is 372 g/mol. The predicted molar refractivity (Wildman–Crippen MR) is 105 cm³/mol. The summed E-state index contributed by atoms with van der Waals surface area (Å²) in [6.45, 7) is 6.34. The summed E-state index contributed by atoms with van der Waals surface area (Å²) in [6.07, 6.45) is 7.25. The number of ether oxygens (including phenoxy) is 1. The molecular formula is C22H32N2O5.